The van der Waals surface area contributed by atoms with Crippen molar-refractivity contribution in [3.63, 3.8) is 0 Å². The lowest BCUT2D eigenvalue weighted by atomic mass is 9.92. The van der Waals surface area contributed by atoms with Crippen molar-refractivity contribution in [2.75, 3.05) is 7.05 Å². The Bertz CT molecular complexity index is 240. The van der Waals surface area contributed by atoms with Crippen molar-refractivity contribution in [3.05, 3.63) is 23.8 Å². The maximum atomic E-state index is 10.9. The molecule has 0 radical (unpaired) electrons. The second-order valence-electron chi connectivity index (χ2n) is 4.07. The van der Waals surface area contributed by atoms with Gasteiger partial charge in [-0.1, -0.05) is 33.2 Å². The monoisotopic (exact) mass is 182 g/mol. The number of hydroxylamine groups is 1. The highest BCUT2D eigenvalue weighted by atomic mass is 16.7. The number of amides is 1. The second-order valence-corrected chi connectivity index (χ2v) is 4.07. The lowest BCUT2D eigenvalue weighted by molar-refractivity contribution is 0.176. The number of hydrogen-bond donors (Lipinski definition) is 0. The zero-order valence-electron chi connectivity index (χ0n) is 8.37. The van der Waals surface area contributed by atoms with Gasteiger partial charge in [-0.15, -0.1) is 0 Å². The number of nitrogens with zero attached hydrogens (tertiary/aromatic N) is 2. The fraction of sp³-hybridized carbons (Fsp3) is 0.556. The van der Waals surface area contributed by atoms with Crippen LogP contribution in [0.3, 0.4) is 0 Å². The van der Waals surface area contributed by atoms with Gasteiger partial charge >= 0.3 is 6.09 Å². The summed E-state index contributed by atoms with van der Waals surface area (Å²) in [5, 5.41) is 0. The average molecular weight is 182 g/mol. The first kappa shape index (κ1) is 9.77. The Balaban J connectivity index is 2.58. The van der Waals surface area contributed by atoms with Gasteiger partial charge in [0.05, 0.1) is 0 Å². The van der Waals surface area contributed by atoms with E-state index in [1.54, 1.807) is 13.1 Å². The summed E-state index contributed by atoms with van der Waals surface area (Å²) in [7, 11) is 1.63. The Labute approximate surface area is 78.5 Å². The summed E-state index contributed by atoms with van der Waals surface area (Å²) in [5.74, 6) is 0.542. The third-order valence-corrected chi connectivity index (χ3v) is 1.57. The Hall–Kier alpha value is -1.32. The summed E-state index contributed by atoms with van der Waals surface area (Å²) in [6.45, 7) is 6.21. The molecule has 1 heterocycles. The minimum Gasteiger partial charge on any atom is -0.459 e. The van der Waals surface area contributed by atoms with E-state index in [-0.39, 0.29) is 5.41 Å². The van der Waals surface area contributed by atoms with Crippen LogP contribution >= 0.6 is 0 Å². The first-order valence-corrected chi connectivity index (χ1v) is 4.12. The molecule has 4 nitrogen and oxygen atoms in total. The van der Waals surface area contributed by atoms with Crippen molar-refractivity contribution in [1.82, 2.24) is 4.90 Å². The normalized spacial score (nSPS) is 20.2. The van der Waals surface area contributed by atoms with E-state index in [1.807, 2.05) is 6.42 Å². The van der Waals surface area contributed by atoms with E-state index in [0.29, 0.717) is 5.82 Å². The van der Waals surface area contributed by atoms with Gasteiger partial charge in [-0.25, -0.2) is 12.5 Å². The summed E-state index contributed by atoms with van der Waals surface area (Å²) in [6.07, 6.45) is 3.32. The molecule has 0 saturated carbocycles. The Morgan fingerprint density at radius 1 is 1.54 bits per heavy atom. The van der Waals surface area contributed by atoms with Crippen LogP contribution in [0.15, 0.2) is 11.9 Å². The molecule has 0 bridgehead atoms. The van der Waals surface area contributed by atoms with Crippen molar-refractivity contribution in [2.45, 2.75) is 20.8 Å². The van der Waals surface area contributed by atoms with Gasteiger partial charge < -0.3 is 15.2 Å². The predicted octanol–water partition coefficient (Wildman–Crippen LogP) is 2.45. The summed E-state index contributed by atoms with van der Waals surface area (Å²) in [6, 6.07) is 0. The minimum atomic E-state index is -0.437. The average Bonchev–Trinajstić information content (AvgIpc) is 2.29. The molecule has 1 amide bonds. The van der Waals surface area contributed by atoms with E-state index >= 15 is 0 Å². The molecule has 4 heteroatoms. The van der Waals surface area contributed by atoms with E-state index in [0.717, 1.165) is 0 Å². The van der Waals surface area contributed by atoms with E-state index < -0.39 is 6.09 Å². The predicted molar refractivity (Wildman–Crippen MR) is 49.4 cm³/mol. The summed E-state index contributed by atoms with van der Waals surface area (Å²) in [5.41, 5.74) is 3.69. The molecule has 0 N–H and O–H groups in total. The number of carbonyl (C=O) groups excluding carboxylic acids is 1. The van der Waals surface area contributed by atoms with Crippen molar-refractivity contribution < 1.29 is 9.63 Å². The third-order valence-electron chi connectivity index (χ3n) is 1.57. The van der Waals surface area contributed by atoms with Crippen LogP contribution in [-0.2, 0) is 4.84 Å². The Morgan fingerprint density at radius 3 is 2.54 bits per heavy atom. The molecule has 0 aromatic carbocycles. The van der Waals surface area contributed by atoms with Gasteiger partial charge in [-0.2, -0.15) is 5.82 Å². The SMILES string of the molecule is CN1C(=O)O[N-]C1=C[CH-]C(C)(C)C. The molecule has 0 aromatic heterocycles. The molecule has 1 rings (SSSR count). The quantitative estimate of drug-likeness (QED) is 0.584. The zero-order chi connectivity index (χ0) is 10.1. The topological polar surface area (TPSA) is 43.6 Å². The van der Waals surface area contributed by atoms with Crippen LogP contribution in [-0.4, -0.2) is 18.0 Å². The van der Waals surface area contributed by atoms with Gasteiger partial charge in [-0.05, 0) is 0 Å². The smallest absolute Gasteiger partial charge is 0.320 e. The van der Waals surface area contributed by atoms with Crippen LogP contribution in [0, 0.1) is 11.8 Å². The van der Waals surface area contributed by atoms with Crippen LogP contribution in [0.2, 0.25) is 0 Å². The van der Waals surface area contributed by atoms with Gasteiger partial charge in [0.25, 0.3) is 0 Å². The number of allylic oxidation sites excluding steroid dienone is 1. The first-order valence-electron chi connectivity index (χ1n) is 4.12. The maximum absolute atomic E-state index is 10.9. The number of rotatable bonds is 1. The van der Waals surface area contributed by atoms with Gasteiger partial charge in [0.15, 0.2) is 0 Å². The highest BCUT2D eigenvalue weighted by molar-refractivity contribution is 5.74. The molecule has 0 atom stereocenters. The number of carbonyl (C=O) groups is 1. The summed E-state index contributed by atoms with van der Waals surface area (Å²) in [4.78, 5) is 16.7. The van der Waals surface area contributed by atoms with Crippen LogP contribution in [0.4, 0.5) is 4.79 Å². The molecular formula is C9H14N2O2-2. The second kappa shape index (κ2) is 3.20. The van der Waals surface area contributed by atoms with Crippen LogP contribution < -0.4 is 0 Å². The van der Waals surface area contributed by atoms with E-state index in [9.17, 15) is 4.79 Å². The molecular weight excluding hydrogens is 168 g/mol. The van der Waals surface area contributed by atoms with Gasteiger partial charge in [0, 0.05) is 0 Å². The molecule has 0 aliphatic carbocycles. The van der Waals surface area contributed by atoms with Crippen LogP contribution in [0.1, 0.15) is 20.8 Å². The van der Waals surface area contributed by atoms with Gasteiger partial charge in [-0.3, -0.25) is 4.79 Å². The van der Waals surface area contributed by atoms with E-state index in [1.165, 1.54) is 4.90 Å². The fourth-order valence-corrected chi connectivity index (χ4v) is 0.769. The van der Waals surface area contributed by atoms with Crippen molar-refractivity contribution in [1.29, 1.82) is 0 Å². The maximum Gasteiger partial charge on any atom is 0.320 e. The molecule has 74 valence electrons. The third kappa shape index (κ3) is 2.57. The molecule has 1 aliphatic rings. The molecule has 0 spiro atoms. The fourth-order valence-electron chi connectivity index (χ4n) is 0.769. The highest BCUT2D eigenvalue weighted by Crippen LogP contribution is 2.25. The Morgan fingerprint density at radius 2 is 2.15 bits per heavy atom. The molecule has 0 aromatic rings. The highest BCUT2D eigenvalue weighted by Gasteiger charge is 2.07. The summed E-state index contributed by atoms with van der Waals surface area (Å²) >= 11 is 0. The first-order chi connectivity index (χ1) is 5.90. The van der Waals surface area contributed by atoms with Crippen molar-refractivity contribution in [3.8, 4) is 0 Å². The standard InChI is InChI=1S/C9H14N2O2/c1-9(2,3)6-5-7-10-13-8(12)11(7)4/h5-6H,1-4H3/q-2. The lowest BCUT2D eigenvalue weighted by Gasteiger charge is -2.29. The van der Waals surface area contributed by atoms with Crippen molar-refractivity contribution >= 4 is 6.09 Å². The summed E-state index contributed by atoms with van der Waals surface area (Å²) < 4.78 is 0. The molecule has 1 aliphatic heterocycles. The molecule has 0 unspecified atom stereocenters. The van der Waals surface area contributed by atoms with Crippen LogP contribution in [0.5, 0.6) is 0 Å². The number of hydrogen-bond acceptors (Lipinski definition) is 2. The largest absolute Gasteiger partial charge is 0.459 e. The van der Waals surface area contributed by atoms with Crippen molar-refractivity contribution in [2.24, 2.45) is 5.41 Å². The van der Waals surface area contributed by atoms with E-state index in [4.69, 9.17) is 0 Å². The van der Waals surface area contributed by atoms with E-state index in [2.05, 4.69) is 31.1 Å². The van der Waals surface area contributed by atoms with Crippen LogP contribution in [0.25, 0.3) is 5.48 Å². The minimum absolute atomic E-state index is 0.0784. The molecule has 1 fully saturated rings. The Kier molecular flexibility index (Phi) is 2.40. The lowest BCUT2D eigenvalue weighted by Crippen LogP contribution is -2.16. The molecule has 1 saturated heterocycles. The molecule has 13 heavy (non-hydrogen) atoms. The zero-order valence-corrected chi connectivity index (χ0v) is 8.37. The van der Waals surface area contributed by atoms with Gasteiger partial charge in [0.1, 0.15) is 0 Å². The van der Waals surface area contributed by atoms with Gasteiger partial charge in [0.2, 0.25) is 0 Å².